The van der Waals surface area contributed by atoms with Crippen molar-refractivity contribution in [2.75, 3.05) is 19.5 Å². The standard InChI is InChI=1S/C20H20N4O3S2/c1-11-5-6-12(2)24(11)20-21-13(10-28-20)7-18(25)23-19-22-14-8-15(26-3)16(27-4)9-17(14)29-19/h5-6,8-10H,7H2,1-4H3,(H,22,23,25). The molecule has 4 rings (SSSR count). The lowest BCUT2D eigenvalue weighted by atomic mass is 10.3. The summed E-state index contributed by atoms with van der Waals surface area (Å²) in [5.41, 5.74) is 3.72. The molecule has 3 heterocycles. The van der Waals surface area contributed by atoms with Gasteiger partial charge in [-0.05, 0) is 26.0 Å². The van der Waals surface area contributed by atoms with Crippen LogP contribution in [0, 0.1) is 13.8 Å². The number of fused-ring (bicyclic) bond motifs is 1. The minimum Gasteiger partial charge on any atom is -0.493 e. The van der Waals surface area contributed by atoms with Crippen LogP contribution in [0.2, 0.25) is 0 Å². The maximum Gasteiger partial charge on any atom is 0.232 e. The number of aryl methyl sites for hydroxylation is 2. The monoisotopic (exact) mass is 428 g/mol. The van der Waals surface area contributed by atoms with Gasteiger partial charge in [-0.2, -0.15) is 0 Å². The molecular weight excluding hydrogens is 408 g/mol. The van der Waals surface area contributed by atoms with E-state index in [0.717, 1.165) is 32.4 Å². The highest BCUT2D eigenvalue weighted by atomic mass is 32.1. The van der Waals surface area contributed by atoms with E-state index in [4.69, 9.17) is 9.47 Å². The first-order valence-corrected chi connectivity index (χ1v) is 10.6. The third-order valence-corrected chi connectivity index (χ3v) is 6.29. The van der Waals surface area contributed by atoms with Gasteiger partial charge in [0.15, 0.2) is 21.8 Å². The van der Waals surface area contributed by atoms with E-state index >= 15 is 0 Å². The van der Waals surface area contributed by atoms with Crippen LogP contribution in [0.15, 0.2) is 29.6 Å². The first kappa shape index (κ1) is 19.4. The number of methoxy groups -OCH3 is 2. The summed E-state index contributed by atoms with van der Waals surface area (Å²) in [5.74, 6) is 1.08. The molecule has 0 saturated carbocycles. The zero-order chi connectivity index (χ0) is 20.5. The van der Waals surface area contributed by atoms with Crippen LogP contribution < -0.4 is 14.8 Å². The Balaban J connectivity index is 1.49. The van der Waals surface area contributed by atoms with Crippen LogP contribution in [-0.2, 0) is 11.2 Å². The molecule has 29 heavy (non-hydrogen) atoms. The summed E-state index contributed by atoms with van der Waals surface area (Å²) in [4.78, 5) is 21.6. The molecule has 4 aromatic rings. The number of carbonyl (C=O) groups excluding carboxylic acids is 1. The molecule has 1 N–H and O–H groups in total. The van der Waals surface area contributed by atoms with Gasteiger partial charge in [0, 0.05) is 28.9 Å². The van der Waals surface area contributed by atoms with Gasteiger partial charge in [-0.1, -0.05) is 11.3 Å². The lowest BCUT2D eigenvalue weighted by Crippen LogP contribution is -2.14. The Hall–Kier alpha value is -2.91. The molecule has 0 aliphatic heterocycles. The van der Waals surface area contributed by atoms with Gasteiger partial charge < -0.3 is 14.8 Å². The van der Waals surface area contributed by atoms with Crippen LogP contribution >= 0.6 is 22.7 Å². The van der Waals surface area contributed by atoms with Gasteiger partial charge in [-0.25, -0.2) is 9.97 Å². The summed E-state index contributed by atoms with van der Waals surface area (Å²) in [7, 11) is 3.17. The quantitative estimate of drug-likeness (QED) is 0.494. The number of hydrogen-bond acceptors (Lipinski definition) is 7. The Kier molecular flexibility index (Phi) is 5.25. The zero-order valence-electron chi connectivity index (χ0n) is 16.5. The van der Waals surface area contributed by atoms with Crippen LogP contribution in [0.1, 0.15) is 17.1 Å². The smallest absolute Gasteiger partial charge is 0.232 e. The molecule has 0 aliphatic rings. The molecule has 0 fully saturated rings. The summed E-state index contributed by atoms with van der Waals surface area (Å²) in [6, 6.07) is 7.77. The number of benzene rings is 1. The summed E-state index contributed by atoms with van der Waals surface area (Å²) >= 11 is 2.92. The lowest BCUT2D eigenvalue weighted by molar-refractivity contribution is -0.115. The van der Waals surface area contributed by atoms with Crippen molar-refractivity contribution in [1.29, 1.82) is 0 Å². The predicted molar refractivity (Wildman–Crippen MR) is 116 cm³/mol. The molecule has 1 amide bonds. The number of carbonyl (C=O) groups is 1. The second-order valence-electron chi connectivity index (χ2n) is 6.49. The van der Waals surface area contributed by atoms with E-state index in [1.807, 2.05) is 25.3 Å². The van der Waals surface area contributed by atoms with Crippen molar-refractivity contribution < 1.29 is 14.3 Å². The average molecular weight is 429 g/mol. The maximum absolute atomic E-state index is 12.5. The highest BCUT2D eigenvalue weighted by Crippen LogP contribution is 2.36. The van der Waals surface area contributed by atoms with Crippen LogP contribution in [0.25, 0.3) is 15.3 Å². The van der Waals surface area contributed by atoms with Crippen molar-refractivity contribution in [2.24, 2.45) is 0 Å². The molecule has 0 unspecified atom stereocenters. The number of thiazole rings is 2. The van der Waals surface area contributed by atoms with Crippen molar-refractivity contribution in [2.45, 2.75) is 20.3 Å². The maximum atomic E-state index is 12.5. The molecule has 0 spiro atoms. The molecule has 150 valence electrons. The topological polar surface area (TPSA) is 78.3 Å². The zero-order valence-corrected chi connectivity index (χ0v) is 18.1. The Morgan fingerprint density at radius 3 is 2.48 bits per heavy atom. The number of ether oxygens (including phenoxy) is 2. The SMILES string of the molecule is COc1cc2nc(NC(=O)Cc3csc(-n4c(C)ccc4C)n3)sc2cc1OC. The molecule has 0 atom stereocenters. The average Bonchev–Trinajstić information content (AvgIpc) is 3.38. The van der Waals surface area contributed by atoms with Crippen molar-refractivity contribution >= 4 is 43.9 Å². The first-order chi connectivity index (χ1) is 14.0. The summed E-state index contributed by atoms with van der Waals surface area (Å²) in [6.45, 7) is 4.08. The van der Waals surface area contributed by atoms with E-state index in [1.54, 1.807) is 20.3 Å². The fourth-order valence-corrected chi connectivity index (χ4v) is 4.92. The third-order valence-electron chi connectivity index (χ3n) is 4.48. The van der Waals surface area contributed by atoms with Crippen molar-refractivity contribution in [3.8, 4) is 16.6 Å². The second kappa shape index (κ2) is 7.84. The van der Waals surface area contributed by atoms with Crippen LogP contribution in [0.4, 0.5) is 5.13 Å². The van der Waals surface area contributed by atoms with E-state index in [2.05, 4.69) is 32.0 Å². The highest BCUT2D eigenvalue weighted by molar-refractivity contribution is 7.22. The van der Waals surface area contributed by atoms with E-state index in [1.165, 1.54) is 22.7 Å². The molecule has 0 radical (unpaired) electrons. The van der Waals surface area contributed by atoms with E-state index in [-0.39, 0.29) is 12.3 Å². The molecule has 0 aliphatic carbocycles. The largest absolute Gasteiger partial charge is 0.493 e. The summed E-state index contributed by atoms with van der Waals surface area (Å²) in [5, 5.41) is 6.19. The first-order valence-electron chi connectivity index (χ1n) is 8.90. The number of hydrogen-bond donors (Lipinski definition) is 1. The number of amides is 1. The number of nitrogens with one attached hydrogen (secondary N) is 1. The minimum atomic E-state index is -0.152. The molecular formula is C20H20N4O3S2. The Labute approximate surface area is 175 Å². The second-order valence-corrected chi connectivity index (χ2v) is 8.36. The number of aromatic nitrogens is 3. The molecule has 3 aromatic heterocycles. The molecule has 1 aromatic carbocycles. The van der Waals surface area contributed by atoms with Gasteiger partial charge in [0.1, 0.15) is 0 Å². The summed E-state index contributed by atoms with van der Waals surface area (Å²) < 4.78 is 13.6. The normalized spacial score (nSPS) is 11.0. The number of nitrogens with zero attached hydrogens (tertiary/aromatic N) is 3. The van der Waals surface area contributed by atoms with E-state index < -0.39 is 0 Å². The summed E-state index contributed by atoms with van der Waals surface area (Å²) in [6.07, 6.45) is 0.193. The van der Waals surface area contributed by atoms with E-state index in [9.17, 15) is 4.79 Å². The van der Waals surface area contributed by atoms with E-state index in [0.29, 0.717) is 16.6 Å². The Morgan fingerprint density at radius 2 is 1.79 bits per heavy atom. The van der Waals surface area contributed by atoms with Gasteiger partial charge >= 0.3 is 0 Å². The fourth-order valence-electron chi connectivity index (χ4n) is 3.09. The fraction of sp³-hybridized carbons (Fsp3) is 0.250. The molecule has 7 nitrogen and oxygen atoms in total. The van der Waals surface area contributed by atoms with Gasteiger partial charge in [0.25, 0.3) is 0 Å². The number of anilines is 1. The van der Waals surface area contributed by atoms with Gasteiger partial charge in [0.05, 0.1) is 36.6 Å². The van der Waals surface area contributed by atoms with Crippen LogP contribution in [0.5, 0.6) is 11.5 Å². The molecule has 0 saturated heterocycles. The van der Waals surface area contributed by atoms with Crippen molar-refractivity contribution in [3.63, 3.8) is 0 Å². The molecule has 9 heteroatoms. The highest BCUT2D eigenvalue weighted by Gasteiger charge is 2.15. The van der Waals surface area contributed by atoms with Crippen LogP contribution in [0.3, 0.4) is 0 Å². The van der Waals surface area contributed by atoms with Gasteiger partial charge in [-0.3, -0.25) is 9.36 Å². The van der Waals surface area contributed by atoms with Gasteiger partial charge in [0.2, 0.25) is 5.91 Å². The van der Waals surface area contributed by atoms with Crippen LogP contribution in [-0.4, -0.2) is 34.7 Å². The Morgan fingerprint density at radius 1 is 1.10 bits per heavy atom. The molecule has 0 bridgehead atoms. The van der Waals surface area contributed by atoms with Gasteiger partial charge in [-0.15, -0.1) is 11.3 Å². The lowest BCUT2D eigenvalue weighted by Gasteiger charge is -2.05. The predicted octanol–water partition coefficient (Wildman–Crippen LogP) is 4.36. The van der Waals surface area contributed by atoms with Crippen molar-refractivity contribution in [3.05, 3.63) is 46.7 Å². The third kappa shape index (κ3) is 3.83. The Bertz CT molecular complexity index is 1130. The number of rotatable bonds is 6. The van der Waals surface area contributed by atoms with Crippen molar-refractivity contribution in [1.82, 2.24) is 14.5 Å². The minimum absolute atomic E-state index is 0.152.